The standard InChI is InChI=1S/C12H19N3O3S/c13-4-1-6-15(11-2-3-11)12(16)8-10-9-19(17,18)7-5-14-10/h10-11,14H,1-3,5-9H2. The lowest BCUT2D eigenvalue weighted by Gasteiger charge is -2.27. The first-order chi connectivity index (χ1) is 9.02. The molecule has 1 aliphatic heterocycles. The number of carbonyl (C=O) groups is 1. The summed E-state index contributed by atoms with van der Waals surface area (Å²) in [6.07, 6.45) is 2.53. The molecule has 7 heteroatoms. The number of amides is 1. The van der Waals surface area contributed by atoms with E-state index in [9.17, 15) is 13.2 Å². The summed E-state index contributed by atoms with van der Waals surface area (Å²) in [6, 6.07) is 2.03. The molecule has 1 aliphatic carbocycles. The molecule has 2 aliphatic rings. The van der Waals surface area contributed by atoms with Crippen LogP contribution in [0.3, 0.4) is 0 Å². The monoisotopic (exact) mass is 285 g/mol. The highest BCUT2D eigenvalue weighted by Crippen LogP contribution is 2.27. The van der Waals surface area contributed by atoms with E-state index in [1.807, 2.05) is 6.07 Å². The van der Waals surface area contributed by atoms with E-state index in [0.29, 0.717) is 19.5 Å². The van der Waals surface area contributed by atoms with Crippen LogP contribution in [-0.4, -0.2) is 55.9 Å². The molecule has 1 atom stereocenters. The molecule has 2 rings (SSSR count). The van der Waals surface area contributed by atoms with Gasteiger partial charge in [0.25, 0.3) is 0 Å². The van der Waals surface area contributed by atoms with Crippen LogP contribution in [-0.2, 0) is 14.6 Å². The Bertz CT molecular complexity index is 479. The predicted molar refractivity (Wildman–Crippen MR) is 70.0 cm³/mol. The predicted octanol–water partition coefficient (Wildman–Crippen LogP) is -0.332. The number of hydrogen-bond donors (Lipinski definition) is 1. The zero-order chi connectivity index (χ0) is 13.9. The Morgan fingerprint density at radius 3 is 2.74 bits per heavy atom. The van der Waals surface area contributed by atoms with Crippen molar-refractivity contribution in [1.82, 2.24) is 10.2 Å². The molecule has 0 aromatic rings. The van der Waals surface area contributed by atoms with E-state index in [-0.39, 0.29) is 35.9 Å². The smallest absolute Gasteiger partial charge is 0.224 e. The third kappa shape index (κ3) is 4.18. The first kappa shape index (κ1) is 14.3. The Morgan fingerprint density at radius 1 is 1.42 bits per heavy atom. The van der Waals surface area contributed by atoms with Crippen LogP contribution in [0.1, 0.15) is 25.7 Å². The lowest BCUT2D eigenvalue weighted by atomic mass is 10.2. The van der Waals surface area contributed by atoms with Gasteiger partial charge in [0.2, 0.25) is 5.91 Å². The maximum Gasteiger partial charge on any atom is 0.224 e. The van der Waals surface area contributed by atoms with E-state index in [1.165, 1.54) is 0 Å². The van der Waals surface area contributed by atoms with Crippen LogP contribution in [0.4, 0.5) is 0 Å². The van der Waals surface area contributed by atoms with Gasteiger partial charge in [-0.05, 0) is 12.8 Å². The normalized spacial score (nSPS) is 25.5. The minimum absolute atomic E-state index is 0.0349. The maximum atomic E-state index is 12.2. The van der Waals surface area contributed by atoms with Crippen LogP contribution in [0.2, 0.25) is 0 Å². The van der Waals surface area contributed by atoms with Crippen LogP contribution in [0.5, 0.6) is 0 Å². The summed E-state index contributed by atoms with van der Waals surface area (Å²) < 4.78 is 23.0. The highest BCUT2D eigenvalue weighted by atomic mass is 32.2. The van der Waals surface area contributed by atoms with Gasteiger partial charge in [-0.1, -0.05) is 0 Å². The van der Waals surface area contributed by atoms with Crippen LogP contribution in [0.25, 0.3) is 0 Å². The zero-order valence-electron chi connectivity index (χ0n) is 10.8. The Kier molecular flexibility index (Phi) is 4.42. The SMILES string of the molecule is N#CCCN(C(=O)CC1CS(=O)(=O)CCN1)C1CC1. The summed E-state index contributed by atoms with van der Waals surface area (Å²) >= 11 is 0. The molecular weight excluding hydrogens is 266 g/mol. The van der Waals surface area contributed by atoms with Crippen molar-refractivity contribution in [2.24, 2.45) is 0 Å². The van der Waals surface area contributed by atoms with Crippen LogP contribution in [0.15, 0.2) is 0 Å². The molecule has 1 saturated carbocycles. The summed E-state index contributed by atoms with van der Waals surface area (Å²) in [4.78, 5) is 13.9. The van der Waals surface area contributed by atoms with E-state index in [1.54, 1.807) is 4.90 Å². The summed E-state index contributed by atoms with van der Waals surface area (Å²) in [5.74, 6) is 0.154. The topological polar surface area (TPSA) is 90.3 Å². The molecule has 0 spiro atoms. The third-order valence-corrected chi connectivity index (χ3v) is 5.23. The van der Waals surface area contributed by atoms with Crippen molar-refractivity contribution in [1.29, 1.82) is 5.26 Å². The van der Waals surface area contributed by atoms with Gasteiger partial charge in [-0.15, -0.1) is 0 Å². The van der Waals surface area contributed by atoms with Crippen molar-refractivity contribution in [3.63, 3.8) is 0 Å². The van der Waals surface area contributed by atoms with Gasteiger partial charge in [0.15, 0.2) is 9.84 Å². The van der Waals surface area contributed by atoms with Gasteiger partial charge in [0.1, 0.15) is 0 Å². The van der Waals surface area contributed by atoms with Crippen molar-refractivity contribution < 1.29 is 13.2 Å². The highest BCUT2D eigenvalue weighted by Gasteiger charge is 2.34. The van der Waals surface area contributed by atoms with Crippen molar-refractivity contribution in [3.05, 3.63) is 0 Å². The van der Waals surface area contributed by atoms with Gasteiger partial charge in [0.05, 0.1) is 24.0 Å². The lowest BCUT2D eigenvalue weighted by molar-refractivity contribution is -0.132. The second-order valence-electron chi connectivity index (χ2n) is 5.20. The number of nitriles is 1. The molecule has 19 heavy (non-hydrogen) atoms. The largest absolute Gasteiger partial charge is 0.339 e. The Hall–Kier alpha value is -1.13. The Balaban J connectivity index is 1.89. The second kappa shape index (κ2) is 5.88. The molecule has 6 nitrogen and oxygen atoms in total. The van der Waals surface area contributed by atoms with Gasteiger partial charge in [-0.2, -0.15) is 5.26 Å². The first-order valence-electron chi connectivity index (χ1n) is 6.62. The molecule has 1 saturated heterocycles. The van der Waals surface area contributed by atoms with Crippen molar-refractivity contribution in [2.75, 3.05) is 24.6 Å². The molecule has 2 fully saturated rings. The summed E-state index contributed by atoms with van der Waals surface area (Å²) in [5.41, 5.74) is 0. The van der Waals surface area contributed by atoms with E-state index in [2.05, 4.69) is 5.32 Å². The maximum absolute atomic E-state index is 12.2. The van der Waals surface area contributed by atoms with E-state index >= 15 is 0 Å². The molecule has 1 heterocycles. The highest BCUT2D eigenvalue weighted by molar-refractivity contribution is 7.91. The lowest BCUT2D eigenvalue weighted by Crippen LogP contribution is -2.48. The minimum Gasteiger partial charge on any atom is -0.339 e. The average molecular weight is 285 g/mol. The third-order valence-electron chi connectivity index (χ3n) is 3.49. The van der Waals surface area contributed by atoms with Gasteiger partial charge in [-0.3, -0.25) is 4.79 Å². The molecule has 0 aromatic carbocycles. The van der Waals surface area contributed by atoms with Crippen molar-refractivity contribution in [3.8, 4) is 6.07 Å². The van der Waals surface area contributed by atoms with E-state index < -0.39 is 9.84 Å². The zero-order valence-corrected chi connectivity index (χ0v) is 11.7. The Labute approximate surface area is 113 Å². The number of rotatable bonds is 5. The number of sulfone groups is 1. The van der Waals surface area contributed by atoms with Gasteiger partial charge in [-0.25, -0.2) is 8.42 Å². The molecule has 1 amide bonds. The fourth-order valence-electron chi connectivity index (χ4n) is 2.39. The number of hydrogen-bond acceptors (Lipinski definition) is 5. The molecule has 0 aromatic heterocycles. The van der Waals surface area contributed by atoms with Gasteiger partial charge >= 0.3 is 0 Å². The second-order valence-corrected chi connectivity index (χ2v) is 7.42. The fourth-order valence-corrected chi connectivity index (χ4v) is 3.84. The first-order valence-corrected chi connectivity index (χ1v) is 8.44. The minimum atomic E-state index is -3.01. The van der Waals surface area contributed by atoms with Crippen molar-refractivity contribution in [2.45, 2.75) is 37.8 Å². The van der Waals surface area contributed by atoms with E-state index in [4.69, 9.17) is 5.26 Å². The summed E-state index contributed by atoms with van der Waals surface area (Å²) in [5, 5.41) is 11.7. The summed E-state index contributed by atoms with van der Waals surface area (Å²) in [6.45, 7) is 0.876. The fraction of sp³-hybridized carbons (Fsp3) is 0.833. The van der Waals surface area contributed by atoms with Gasteiger partial charge < -0.3 is 10.2 Å². The van der Waals surface area contributed by atoms with E-state index in [0.717, 1.165) is 12.8 Å². The average Bonchev–Trinajstić information content (AvgIpc) is 3.12. The molecule has 1 unspecified atom stereocenters. The molecule has 0 bridgehead atoms. The molecule has 106 valence electrons. The number of carbonyl (C=O) groups excluding carboxylic acids is 1. The number of nitrogens with zero attached hydrogens (tertiary/aromatic N) is 2. The van der Waals surface area contributed by atoms with Crippen molar-refractivity contribution >= 4 is 15.7 Å². The molecule has 0 radical (unpaired) electrons. The van der Waals surface area contributed by atoms with Crippen LogP contribution >= 0.6 is 0 Å². The van der Waals surface area contributed by atoms with Crippen LogP contribution in [0, 0.1) is 11.3 Å². The summed E-state index contributed by atoms with van der Waals surface area (Å²) in [7, 11) is -3.01. The van der Waals surface area contributed by atoms with Gasteiger partial charge in [0, 0.05) is 31.6 Å². The number of nitrogens with one attached hydrogen (secondary N) is 1. The Morgan fingerprint density at radius 2 is 2.16 bits per heavy atom. The quantitative estimate of drug-likeness (QED) is 0.747. The molecular formula is C12H19N3O3S. The van der Waals surface area contributed by atoms with Crippen LogP contribution < -0.4 is 5.32 Å². The molecule has 1 N–H and O–H groups in total.